The zero-order valence-corrected chi connectivity index (χ0v) is 23.6. The molecule has 4 aromatic rings. The van der Waals surface area contributed by atoms with Crippen LogP contribution in [-0.4, -0.2) is 91.0 Å². The number of hydrogen-bond donors (Lipinski definition) is 0. The molecule has 2 atom stereocenters. The third-order valence-corrected chi connectivity index (χ3v) is 8.67. The van der Waals surface area contributed by atoms with Crippen LogP contribution in [0, 0.1) is 20.8 Å². The smallest absolute Gasteiger partial charge is 0.253 e. The van der Waals surface area contributed by atoms with Crippen molar-refractivity contribution < 1.29 is 4.74 Å². The van der Waals surface area contributed by atoms with Gasteiger partial charge in [-0.2, -0.15) is 19.7 Å². The Morgan fingerprint density at radius 3 is 2.58 bits per heavy atom. The number of ether oxygens (including phenoxy) is 1. The molecule has 3 aromatic heterocycles. The number of piperazine rings is 1. The molecule has 0 unspecified atom stereocenters. The van der Waals surface area contributed by atoms with Crippen LogP contribution in [0.2, 0.25) is 0 Å². The molecular weight excluding hydrogens is 502 g/mol. The van der Waals surface area contributed by atoms with E-state index in [0.29, 0.717) is 11.6 Å². The van der Waals surface area contributed by atoms with E-state index in [0.717, 1.165) is 79.3 Å². The summed E-state index contributed by atoms with van der Waals surface area (Å²) in [6.07, 6.45) is 3.73. The molecule has 3 aliphatic rings. The monoisotopic (exact) mass is 539 g/mol. The molecule has 0 N–H and O–H groups in total. The van der Waals surface area contributed by atoms with E-state index in [2.05, 4.69) is 76.4 Å². The molecule has 0 amide bonds. The fraction of sp³-hybridized carbons (Fsp3) is 0.500. The quantitative estimate of drug-likeness (QED) is 0.366. The highest BCUT2D eigenvalue weighted by molar-refractivity contribution is 5.63. The number of aromatic nitrogens is 6. The fourth-order valence-electron chi connectivity index (χ4n) is 6.53. The van der Waals surface area contributed by atoms with E-state index in [1.807, 2.05) is 20.8 Å². The summed E-state index contributed by atoms with van der Waals surface area (Å²) in [5.41, 5.74) is 6.03. The second-order valence-electron chi connectivity index (χ2n) is 11.5. The number of nitrogens with zero attached hydrogens (tertiary/aromatic N) is 9. The first-order chi connectivity index (χ1) is 19.5. The van der Waals surface area contributed by atoms with E-state index in [1.165, 1.54) is 31.6 Å². The van der Waals surface area contributed by atoms with Crippen LogP contribution < -0.4 is 9.64 Å². The fourth-order valence-corrected chi connectivity index (χ4v) is 6.53. The zero-order chi connectivity index (χ0) is 27.2. The minimum absolute atomic E-state index is 0.0935. The summed E-state index contributed by atoms with van der Waals surface area (Å²) >= 11 is 0. The Kier molecular flexibility index (Phi) is 6.59. The molecule has 10 nitrogen and oxygen atoms in total. The van der Waals surface area contributed by atoms with E-state index in [1.54, 1.807) is 4.52 Å². The predicted octanol–water partition coefficient (Wildman–Crippen LogP) is 3.44. The maximum absolute atomic E-state index is 6.47. The van der Waals surface area contributed by atoms with Gasteiger partial charge >= 0.3 is 0 Å². The zero-order valence-electron chi connectivity index (χ0n) is 23.6. The number of anilines is 1. The molecule has 0 bridgehead atoms. The van der Waals surface area contributed by atoms with Gasteiger partial charge in [-0.3, -0.25) is 9.80 Å². The van der Waals surface area contributed by atoms with Crippen LogP contribution in [0.15, 0.2) is 36.4 Å². The Morgan fingerprint density at radius 1 is 0.875 bits per heavy atom. The van der Waals surface area contributed by atoms with E-state index in [-0.39, 0.29) is 6.10 Å². The Hall–Kier alpha value is -3.63. The highest BCUT2D eigenvalue weighted by Gasteiger charge is 2.30. The number of hydrogen-bond acceptors (Lipinski definition) is 9. The van der Waals surface area contributed by atoms with E-state index >= 15 is 0 Å². The topological polar surface area (TPSA) is 87.8 Å². The van der Waals surface area contributed by atoms with Crippen LogP contribution >= 0.6 is 0 Å². The summed E-state index contributed by atoms with van der Waals surface area (Å²) in [7, 11) is 0. The van der Waals surface area contributed by atoms with Gasteiger partial charge in [-0.15, -0.1) is 5.10 Å². The maximum atomic E-state index is 6.47. The molecule has 0 radical (unpaired) electrons. The molecule has 7 rings (SSSR count). The summed E-state index contributed by atoms with van der Waals surface area (Å²) in [5.74, 6) is 2.14. The average molecular weight is 540 g/mol. The molecule has 208 valence electrons. The number of benzene rings is 1. The summed E-state index contributed by atoms with van der Waals surface area (Å²) in [6.45, 7) is 13.3. The van der Waals surface area contributed by atoms with Crippen molar-refractivity contribution >= 4 is 11.5 Å². The summed E-state index contributed by atoms with van der Waals surface area (Å²) in [4.78, 5) is 16.5. The lowest BCUT2D eigenvalue weighted by Crippen LogP contribution is -2.49. The standard InChI is InChI=1S/C30H37N9O/c1-20-29(21(2)39-30(31-20)32-22(3)35-39)40-27-12-14-38(19-27)25-9-6-23(7-10-25)28-11-8-24(33-34-28)17-36-15-16-37-13-4-5-26(37)18-36/h6-11,26-27H,4-5,12-19H2,1-3H3/t26-,27-/m1/s1. The van der Waals surface area contributed by atoms with Gasteiger partial charge in [0.2, 0.25) is 0 Å². The molecule has 0 spiro atoms. The molecule has 0 aliphatic carbocycles. The average Bonchev–Trinajstić information content (AvgIpc) is 3.71. The highest BCUT2D eigenvalue weighted by Crippen LogP contribution is 2.29. The van der Waals surface area contributed by atoms with Gasteiger partial charge in [-0.05, 0) is 64.4 Å². The first-order valence-corrected chi connectivity index (χ1v) is 14.5. The van der Waals surface area contributed by atoms with Gasteiger partial charge in [-0.25, -0.2) is 4.98 Å². The van der Waals surface area contributed by atoms with Crippen molar-refractivity contribution in [1.82, 2.24) is 39.6 Å². The van der Waals surface area contributed by atoms with Crippen LogP contribution in [0.1, 0.15) is 42.2 Å². The van der Waals surface area contributed by atoms with Crippen LogP contribution in [0.4, 0.5) is 5.69 Å². The summed E-state index contributed by atoms with van der Waals surface area (Å²) in [6, 6.07) is 13.6. The van der Waals surface area contributed by atoms with Crippen molar-refractivity contribution in [1.29, 1.82) is 0 Å². The number of rotatable bonds is 6. The first kappa shape index (κ1) is 25.3. The second kappa shape index (κ2) is 10.4. The minimum Gasteiger partial charge on any atom is -0.485 e. The number of aryl methyl sites for hydroxylation is 3. The minimum atomic E-state index is 0.0935. The normalized spacial score (nSPS) is 21.8. The largest absolute Gasteiger partial charge is 0.485 e. The van der Waals surface area contributed by atoms with Gasteiger partial charge in [0.1, 0.15) is 11.9 Å². The van der Waals surface area contributed by atoms with Gasteiger partial charge in [0.05, 0.1) is 29.3 Å². The van der Waals surface area contributed by atoms with E-state index < -0.39 is 0 Å². The van der Waals surface area contributed by atoms with Gasteiger partial charge in [-0.1, -0.05) is 12.1 Å². The first-order valence-electron chi connectivity index (χ1n) is 14.5. The van der Waals surface area contributed by atoms with Gasteiger partial charge < -0.3 is 9.64 Å². The molecule has 1 aromatic carbocycles. The lowest BCUT2D eigenvalue weighted by atomic mass is 10.1. The molecule has 0 saturated carbocycles. The van der Waals surface area contributed by atoms with Crippen molar-refractivity contribution in [2.45, 2.75) is 58.7 Å². The highest BCUT2D eigenvalue weighted by atomic mass is 16.5. The molecule has 6 heterocycles. The third-order valence-electron chi connectivity index (χ3n) is 8.67. The Labute approximate surface area is 235 Å². The molecule has 3 saturated heterocycles. The Balaban J connectivity index is 0.969. The lowest BCUT2D eigenvalue weighted by molar-refractivity contribution is 0.0982. The predicted molar refractivity (Wildman–Crippen MR) is 154 cm³/mol. The lowest BCUT2D eigenvalue weighted by Gasteiger charge is -2.37. The Morgan fingerprint density at radius 2 is 1.75 bits per heavy atom. The second-order valence-corrected chi connectivity index (χ2v) is 11.5. The van der Waals surface area contributed by atoms with Crippen molar-refractivity contribution in [3.63, 3.8) is 0 Å². The summed E-state index contributed by atoms with van der Waals surface area (Å²) in [5, 5.41) is 13.6. The van der Waals surface area contributed by atoms with Gasteiger partial charge in [0, 0.05) is 56.4 Å². The molecule has 40 heavy (non-hydrogen) atoms. The van der Waals surface area contributed by atoms with Crippen LogP contribution in [0.5, 0.6) is 5.75 Å². The maximum Gasteiger partial charge on any atom is 0.253 e. The van der Waals surface area contributed by atoms with Crippen molar-refractivity contribution in [3.8, 4) is 17.0 Å². The number of fused-ring (bicyclic) bond motifs is 2. The SMILES string of the molecule is Cc1nc2nc(C)c(O[C@@H]3CCN(c4ccc(-c5ccc(CN6CCN7CCC[C@@H]7C6)nn5)cc4)C3)c(C)n2n1. The molecule has 3 fully saturated rings. The Bertz CT molecular complexity index is 1500. The molecular formula is C30H37N9O. The van der Waals surface area contributed by atoms with Crippen molar-refractivity contribution in [3.05, 3.63) is 59.3 Å². The van der Waals surface area contributed by atoms with Crippen molar-refractivity contribution in [2.24, 2.45) is 0 Å². The van der Waals surface area contributed by atoms with Crippen LogP contribution in [0.25, 0.3) is 17.0 Å². The van der Waals surface area contributed by atoms with Crippen molar-refractivity contribution in [2.75, 3.05) is 44.2 Å². The molecule has 10 heteroatoms. The van der Waals surface area contributed by atoms with E-state index in [4.69, 9.17) is 4.74 Å². The van der Waals surface area contributed by atoms with Gasteiger partial charge in [0.15, 0.2) is 5.75 Å². The summed E-state index contributed by atoms with van der Waals surface area (Å²) < 4.78 is 8.24. The van der Waals surface area contributed by atoms with Crippen LogP contribution in [-0.2, 0) is 6.54 Å². The van der Waals surface area contributed by atoms with Gasteiger partial charge in [0.25, 0.3) is 5.78 Å². The molecule has 3 aliphatic heterocycles. The van der Waals surface area contributed by atoms with Crippen LogP contribution in [0.3, 0.4) is 0 Å². The third kappa shape index (κ3) is 4.90. The van der Waals surface area contributed by atoms with E-state index in [9.17, 15) is 0 Å².